The number of aryl methyl sites for hydroxylation is 1. The van der Waals surface area contributed by atoms with E-state index < -0.39 is 11.9 Å². The van der Waals surface area contributed by atoms with E-state index in [4.69, 9.17) is 14.0 Å². The number of hydrogen-bond acceptors (Lipinski definition) is 8. The monoisotopic (exact) mass is 401 g/mol. The number of thiazole rings is 1. The number of benzene rings is 1. The molecule has 0 aliphatic carbocycles. The molecule has 146 valence electrons. The second-order valence-corrected chi connectivity index (χ2v) is 6.64. The van der Waals surface area contributed by atoms with Crippen molar-refractivity contribution >= 4 is 28.3 Å². The van der Waals surface area contributed by atoms with Crippen molar-refractivity contribution in [3.63, 3.8) is 0 Å². The van der Waals surface area contributed by atoms with Crippen molar-refractivity contribution in [1.29, 1.82) is 0 Å². The van der Waals surface area contributed by atoms with Crippen LogP contribution in [0.1, 0.15) is 39.7 Å². The Hall–Kier alpha value is -3.20. The molecule has 0 bridgehead atoms. The Kier molecular flexibility index (Phi) is 6.05. The van der Waals surface area contributed by atoms with Crippen molar-refractivity contribution in [3.05, 3.63) is 46.6 Å². The summed E-state index contributed by atoms with van der Waals surface area (Å²) in [6.45, 7) is 6.17. The number of nitrogens with one attached hydrogen (secondary N) is 1. The van der Waals surface area contributed by atoms with Crippen LogP contribution in [0.3, 0.4) is 0 Å². The van der Waals surface area contributed by atoms with Gasteiger partial charge in [0.05, 0.1) is 18.9 Å². The maximum Gasteiger partial charge on any atom is 0.350 e. The molecular formula is C19H19N3O5S. The minimum Gasteiger partial charge on any atom is -0.494 e. The van der Waals surface area contributed by atoms with E-state index in [0.717, 1.165) is 22.6 Å². The van der Waals surface area contributed by atoms with Crippen molar-refractivity contribution in [3.8, 4) is 17.1 Å². The first-order valence-electron chi connectivity index (χ1n) is 8.67. The van der Waals surface area contributed by atoms with Gasteiger partial charge in [-0.05, 0) is 45.0 Å². The predicted molar refractivity (Wildman–Crippen MR) is 104 cm³/mol. The van der Waals surface area contributed by atoms with Gasteiger partial charge in [0.1, 0.15) is 10.6 Å². The lowest BCUT2D eigenvalue weighted by atomic mass is 10.1. The van der Waals surface area contributed by atoms with Crippen LogP contribution in [0.25, 0.3) is 11.3 Å². The molecule has 2 aromatic heterocycles. The molecule has 0 unspecified atom stereocenters. The maximum atomic E-state index is 12.4. The number of nitrogens with zero attached hydrogens (tertiary/aromatic N) is 2. The standard InChI is InChI=1S/C19H19N3O5S/c1-4-25-13-8-6-12(7-9-13)15-10-14(22-27-15)17(23)21-19-20-11(3)16(28-19)18(24)26-5-2/h6-10H,4-5H2,1-3H3,(H,20,21,23). The molecule has 1 amide bonds. The van der Waals surface area contributed by atoms with Gasteiger partial charge in [0.15, 0.2) is 16.6 Å². The fraction of sp³-hybridized carbons (Fsp3) is 0.263. The molecule has 0 fully saturated rings. The summed E-state index contributed by atoms with van der Waals surface area (Å²) in [4.78, 5) is 28.8. The fourth-order valence-corrected chi connectivity index (χ4v) is 3.25. The normalized spacial score (nSPS) is 10.5. The summed E-state index contributed by atoms with van der Waals surface area (Å²) in [5.41, 5.74) is 1.37. The lowest BCUT2D eigenvalue weighted by Crippen LogP contribution is -2.11. The van der Waals surface area contributed by atoms with Gasteiger partial charge in [0.2, 0.25) is 0 Å². The van der Waals surface area contributed by atoms with E-state index in [9.17, 15) is 9.59 Å². The quantitative estimate of drug-likeness (QED) is 0.598. The minimum absolute atomic E-state index is 0.106. The van der Waals surface area contributed by atoms with Crippen molar-refractivity contribution in [2.24, 2.45) is 0 Å². The fourth-order valence-electron chi connectivity index (χ4n) is 2.40. The third kappa shape index (κ3) is 4.37. The number of carbonyl (C=O) groups excluding carboxylic acids is 2. The predicted octanol–water partition coefficient (Wildman–Crippen LogP) is 3.93. The average Bonchev–Trinajstić information content (AvgIpc) is 3.30. The van der Waals surface area contributed by atoms with Crippen LogP contribution in [-0.4, -0.2) is 35.2 Å². The van der Waals surface area contributed by atoms with Crippen LogP contribution in [0.2, 0.25) is 0 Å². The van der Waals surface area contributed by atoms with Crippen LogP contribution < -0.4 is 10.1 Å². The summed E-state index contributed by atoms with van der Waals surface area (Å²) >= 11 is 1.05. The van der Waals surface area contributed by atoms with E-state index >= 15 is 0 Å². The number of ether oxygens (including phenoxy) is 2. The van der Waals surface area contributed by atoms with E-state index in [1.54, 1.807) is 13.8 Å². The van der Waals surface area contributed by atoms with Crippen molar-refractivity contribution in [1.82, 2.24) is 10.1 Å². The lowest BCUT2D eigenvalue weighted by Gasteiger charge is -2.02. The molecule has 0 aliphatic heterocycles. The van der Waals surface area contributed by atoms with Crippen LogP contribution in [-0.2, 0) is 4.74 Å². The van der Waals surface area contributed by atoms with Crippen molar-refractivity contribution in [2.45, 2.75) is 20.8 Å². The van der Waals surface area contributed by atoms with E-state index in [1.807, 2.05) is 31.2 Å². The van der Waals surface area contributed by atoms with Gasteiger partial charge in [-0.25, -0.2) is 9.78 Å². The summed E-state index contributed by atoms with van der Waals surface area (Å²) in [5.74, 6) is 0.262. The third-order valence-corrected chi connectivity index (χ3v) is 4.72. The number of carbonyl (C=O) groups is 2. The smallest absolute Gasteiger partial charge is 0.350 e. The second kappa shape index (κ2) is 8.66. The Bertz CT molecular complexity index is 978. The Labute approximate surface area is 165 Å². The Balaban J connectivity index is 1.71. The van der Waals surface area contributed by atoms with E-state index in [2.05, 4.69) is 15.5 Å². The first kappa shape index (κ1) is 19.6. The van der Waals surface area contributed by atoms with E-state index in [0.29, 0.717) is 22.9 Å². The van der Waals surface area contributed by atoms with Crippen LogP contribution in [0.4, 0.5) is 5.13 Å². The molecule has 0 aliphatic rings. The second-order valence-electron chi connectivity index (χ2n) is 5.64. The molecule has 2 heterocycles. The minimum atomic E-state index is -0.481. The van der Waals surface area contributed by atoms with Gasteiger partial charge in [-0.3, -0.25) is 10.1 Å². The van der Waals surface area contributed by atoms with Gasteiger partial charge in [-0.2, -0.15) is 0 Å². The zero-order valence-corrected chi connectivity index (χ0v) is 16.5. The molecule has 28 heavy (non-hydrogen) atoms. The molecule has 1 aromatic carbocycles. The Morgan fingerprint density at radius 1 is 1.18 bits per heavy atom. The summed E-state index contributed by atoms with van der Waals surface area (Å²) < 4.78 is 15.6. The summed E-state index contributed by atoms with van der Waals surface area (Å²) in [7, 11) is 0. The SMILES string of the molecule is CCOC(=O)c1sc(NC(=O)c2cc(-c3ccc(OCC)cc3)on2)nc1C. The number of aromatic nitrogens is 2. The first-order chi connectivity index (χ1) is 13.5. The van der Waals surface area contributed by atoms with Crippen LogP contribution in [0, 0.1) is 6.92 Å². The molecule has 0 spiro atoms. The number of amides is 1. The van der Waals surface area contributed by atoms with Crippen molar-refractivity contribution in [2.75, 3.05) is 18.5 Å². The maximum absolute atomic E-state index is 12.4. The molecular weight excluding hydrogens is 382 g/mol. The zero-order valence-electron chi connectivity index (χ0n) is 15.6. The van der Waals surface area contributed by atoms with Crippen LogP contribution in [0.5, 0.6) is 5.75 Å². The number of rotatable bonds is 7. The molecule has 0 atom stereocenters. The van der Waals surface area contributed by atoms with Gasteiger partial charge >= 0.3 is 5.97 Å². The average molecular weight is 401 g/mol. The topological polar surface area (TPSA) is 104 Å². The zero-order chi connectivity index (χ0) is 20.1. The molecule has 9 heteroatoms. The Morgan fingerprint density at radius 3 is 2.61 bits per heavy atom. The Morgan fingerprint density at radius 2 is 1.93 bits per heavy atom. The lowest BCUT2D eigenvalue weighted by molar-refractivity contribution is 0.0531. The molecule has 3 aromatic rings. The first-order valence-corrected chi connectivity index (χ1v) is 9.49. The van der Waals surface area contributed by atoms with Gasteiger partial charge in [0.25, 0.3) is 5.91 Å². The molecule has 0 saturated carbocycles. The van der Waals surface area contributed by atoms with Crippen molar-refractivity contribution < 1.29 is 23.6 Å². The van der Waals surface area contributed by atoms with Gasteiger partial charge < -0.3 is 14.0 Å². The summed E-state index contributed by atoms with van der Waals surface area (Å²) in [6, 6.07) is 8.82. The molecule has 0 radical (unpaired) electrons. The molecule has 0 saturated heterocycles. The van der Waals surface area contributed by atoms with E-state index in [-0.39, 0.29) is 17.4 Å². The van der Waals surface area contributed by atoms with Gasteiger partial charge in [-0.1, -0.05) is 16.5 Å². The molecule has 1 N–H and O–H groups in total. The molecule has 3 rings (SSSR count). The summed E-state index contributed by atoms with van der Waals surface area (Å²) in [5, 5.41) is 6.72. The number of anilines is 1. The largest absolute Gasteiger partial charge is 0.494 e. The highest BCUT2D eigenvalue weighted by Crippen LogP contribution is 2.26. The molecule has 8 nitrogen and oxygen atoms in total. The van der Waals surface area contributed by atoms with Crippen LogP contribution >= 0.6 is 11.3 Å². The van der Waals surface area contributed by atoms with Gasteiger partial charge in [0, 0.05) is 11.6 Å². The summed E-state index contributed by atoms with van der Waals surface area (Å²) in [6.07, 6.45) is 0. The van der Waals surface area contributed by atoms with Gasteiger partial charge in [-0.15, -0.1) is 0 Å². The highest BCUT2D eigenvalue weighted by atomic mass is 32.1. The number of hydrogen-bond donors (Lipinski definition) is 1. The van der Waals surface area contributed by atoms with Crippen LogP contribution in [0.15, 0.2) is 34.9 Å². The van der Waals surface area contributed by atoms with E-state index in [1.165, 1.54) is 6.07 Å². The highest BCUT2D eigenvalue weighted by Gasteiger charge is 2.20. The third-order valence-electron chi connectivity index (χ3n) is 3.67. The number of esters is 1. The highest BCUT2D eigenvalue weighted by molar-refractivity contribution is 7.17.